The van der Waals surface area contributed by atoms with Crippen LogP contribution in [0.5, 0.6) is 11.5 Å². The Morgan fingerprint density at radius 1 is 1.19 bits per heavy atom. The number of benzene rings is 1. The Morgan fingerprint density at radius 2 is 1.81 bits per heavy atom. The van der Waals surface area contributed by atoms with Crippen LogP contribution in [-0.2, 0) is 0 Å². The fourth-order valence-corrected chi connectivity index (χ4v) is 2.80. The number of likely N-dealkylation sites (tertiary alicyclic amines) is 1. The SMILES string of the molecule is COc1cc(N)c(NCC(C)CN2CCCC2)cc1OC. The number of rotatable bonds is 7. The molecule has 2 rings (SSSR count). The lowest BCUT2D eigenvalue weighted by Gasteiger charge is -2.21. The third-order valence-electron chi connectivity index (χ3n) is 3.97. The lowest BCUT2D eigenvalue weighted by Crippen LogP contribution is -2.29. The van der Waals surface area contributed by atoms with Gasteiger partial charge in [0.25, 0.3) is 0 Å². The molecule has 0 amide bonds. The highest BCUT2D eigenvalue weighted by Crippen LogP contribution is 2.34. The van der Waals surface area contributed by atoms with Gasteiger partial charge in [-0.2, -0.15) is 0 Å². The molecular weight excluding hydrogens is 266 g/mol. The second-order valence-corrected chi connectivity index (χ2v) is 5.79. The molecule has 0 saturated carbocycles. The fraction of sp³-hybridized carbons (Fsp3) is 0.625. The summed E-state index contributed by atoms with van der Waals surface area (Å²) in [6.07, 6.45) is 2.67. The molecule has 5 heteroatoms. The molecule has 1 heterocycles. The Kier molecular flexibility index (Phi) is 5.56. The largest absolute Gasteiger partial charge is 0.493 e. The second-order valence-electron chi connectivity index (χ2n) is 5.79. The Hall–Kier alpha value is -1.62. The van der Waals surface area contributed by atoms with Crippen LogP contribution >= 0.6 is 0 Å². The highest BCUT2D eigenvalue weighted by Gasteiger charge is 2.15. The second kappa shape index (κ2) is 7.41. The zero-order valence-corrected chi connectivity index (χ0v) is 13.3. The summed E-state index contributed by atoms with van der Waals surface area (Å²) in [5.74, 6) is 1.93. The first kappa shape index (κ1) is 15.8. The Balaban J connectivity index is 1.92. The summed E-state index contributed by atoms with van der Waals surface area (Å²) in [6, 6.07) is 3.70. The molecule has 1 atom stereocenters. The van der Waals surface area contributed by atoms with Gasteiger partial charge in [0.15, 0.2) is 11.5 Å². The van der Waals surface area contributed by atoms with E-state index in [0.717, 1.165) is 18.8 Å². The van der Waals surface area contributed by atoms with Crippen LogP contribution in [0.1, 0.15) is 19.8 Å². The number of methoxy groups -OCH3 is 2. The quantitative estimate of drug-likeness (QED) is 0.756. The standard InChI is InChI=1S/C16H27N3O2/c1-12(11-19-6-4-5-7-19)10-18-14-9-16(21-3)15(20-2)8-13(14)17/h8-9,12,18H,4-7,10-11,17H2,1-3H3. The molecule has 1 aromatic carbocycles. The first-order valence-electron chi connectivity index (χ1n) is 7.61. The van der Waals surface area contributed by atoms with E-state index in [1.54, 1.807) is 20.3 Å². The van der Waals surface area contributed by atoms with Gasteiger partial charge in [-0.05, 0) is 31.8 Å². The van der Waals surface area contributed by atoms with E-state index >= 15 is 0 Å². The van der Waals surface area contributed by atoms with Crippen molar-refractivity contribution in [2.24, 2.45) is 5.92 Å². The molecule has 0 spiro atoms. The smallest absolute Gasteiger partial charge is 0.162 e. The highest BCUT2D eigenvalue weighted by atomic mass is 16.5. The molecule has 0 radical (unpaired) electrons. The number of ether oxygens (including phenoxy) is 2. The van der Waals surface area contributed by atoms with Gasteiger partial charge in [-0.3, -0.25) is 0 Å². The maximum Gasteiger partial charge on any atom is 0.162 e. The van der Waals surface area contributed by atoms with E-state index in [4.69, 9.17) is 15.2 Å². The van der Waals surface area contributed by atoms with Crippen molar-refractivity contribution in [3.05, 3.63) is 12.1 Å². The van der Waals surface area contributed by atoms with Crippen molar-refractivity contribution in [3.8, 4) is 11.5 Å². The van der Waals surface area contributed by atoms with Crippen LogP contribution in [0, 0.1) is 5.92 Å². The van der Waals surface area contributed by atoms with Crippen LogP contribution in [0.4, 0.5) is 11.4 Å². The first-order valence-corrected chi connectivity index (χ1v) is 7.61. The minimum Gasteiger partial charge on any atom is -0.493 e. The van der Waals surface area contributed by atoms with Gasteiger partial charge in [0.1, 0.15) is 0 Å². The minimum absolute atomic E-state index is 0.579. The van der Waals surface area contributed by atoms with Gasteiger partial charge in [0.2, 0.25) is 0 Å². The van der Waals surface area contributed by atoms with Crippen LogP contribution in [0.2, 0.25) is 0 Å². The van der Waals surface area contributed by atoms with E-state index < -0.39 is 0 Å². The summed E-state index contributed by atoms with van der Waals surface area (Å²) in [7, 11) is 3.25. The van der Waals surface area contributed by atoms with Crippen molar-refractivity contribution in [1.82, 2.24) is 4.90 Å². The summed E-state index contributed by atoms with van der Waals surface area (Å²) in [5, 5.41) is 3.43. The molecule has 0 aromatic heterocycles. The zero-order chi connectivity index (χ0) is 15.2. The topological polar surface area (TPSA) is 59.8 Å². The predicted octanol–water partition coefficient (Wildman–Crippen LogP) is 2.43. The van der Waals surface area contributed by atoms with E-state index in [2.05, 4.69) is 17.1 Å². The Morgan fingerprint density at radius 3 is 2.43 bits per heavy atom. The number of nitrogens with two attached hydrogens (primary N) is 1. The van der Waals surface area contributed by atoms with E-state index in [9.17, 15) is 0 Å². The van der Waals surface area contributed by atoms with Crippen LogP contribution < -0.4 is 20.5 Å². The molecule has 1 aromatic rings. The monoisotopic (exact) mass is 293 g/mol. The summed E-state index contributed by atoms with van der Waals surface area (Å²) < 4.78 is 10.6. The van der Waals surface area contributed by atoms with E-state index in [1.165, 1.54) is 25.9 Å². The molecule has 118 valence electrons. The normalized spacial score (nSPS) is 16.7. The molecule has 0 aliphatic carbocycles. The van der Waals surface area contributed by atoms with Crippen molar-refractivity contribution in [2.75, 3.05) is 51.4 Å². The van der Waals surface area contributed by atoms with Gasteiger partial charge in [-0.1, -0.05) is 6.92 Å². The maximum atomic E-state index is 6.06. The fourth-order valence-electron chi connectivity index (χ4n) is 2.80. The lowest BCUT2D eigenvalue weighted by molar-refractivity contribution is 0.294. The van der Waals surface area contributed by atoms with Crippen molar-refractivity contribution in [1.29, 1.82) is 0 Å². The maximum absolute atomic E-state index is 6.06. The van der Waals surface area contributed by atoms with Gasteiger partial charge >= 0.3 is 0 Å². The summed E-state index contributed by atoms with van der Waals surface area (Å²) in [4.78, 5) is 2.53. The number of nitrogens with one attached hydrogen (secondary N) is 1. The number of nitrogens with zero attached hydrogens (tertiary/aromatic N) is 1. The summed E-state index contributed by atoms with van der Waals surface area (Å²) in [6.45, 7) is 6.78. The van der Waals surface area contributed by atoms with Gasteiger partial charge in [-0.25, -0.2) is 0 Å². The zero-order valence-electron chi connectivity index (χ0n) is 13.3. The van der Waals surface area contributed by atoms with Crippen molar-refractivity contribution < 1.29 is 9.47 Å². The van der Waals surface area contributed by atoms with Crippen molar-refractivity contribution in [3.63, 3.8) is 0 Å². The van der Waals surface area contributed by atoms with Crippen molar-refractivity contribution in [2.45, 2.75) is 19.8 Å². The average Bonchev–Trinajstić information content (AvgIpc) is 2.98. The minimum atomic E-state index is 0.579. The summed E-state index contributed by atoms with van der Waals surface area (Å²) in [5.41, 5.74) is 7.65. The number of hydrogen-bond acceptors (Lipinski definition) is 5. The molecule has 21 heavy (non-hydrogen) atoms. The van der Waals surface area contributed by atoms with Crippen LogP contribution in [0.3, 0.4) is 0 Å². The van der Waals surface area contributed by atoms with Gasteiger partial charge < -0.3 is 25.4 Å². The van der Waals surface area contributed by atoms with Crippen LogP contribution in [0.25, 0.3) is 0 Å². The van der Waals surface area contributed by atoms with Crippen LogP contribution in [0.15, 0.2) is 12.1 Å². The molecule has 5 nitrogen and oxygen atoms in total. The third kappa shape index (κ3) is 4.17. The van der Waals surface area contributed by atoms with Crippen molar-refractivity contribution >= 4 is 11.4 Å². The molecule has 1 saturated heterocycles. The van der Waals surface area contributed by atoms with Gasteiger partial charge in [0.05, 0.1) is 25.6 Å². The molecule has 3 N–H and O–H groups in total. The third-order valence-corrected chi connectivity index (χ3v) is 3.97. The van der Waals surface area contributed by atoms with Gasteiger partial charge in [0, 0.05) is 25.2 Å². The molecule has 1 aliphatic rings. The summed E-state index contributed by atoms with van der Waals surface area (Å²) >= 11 is 0. The molecule has 1 aliphatic heterocycles. The molecule has 0 bridgehead atoms. The Labute approximate surface area is 127 Å². The van der Waals surface area contributed by atoms with Crippen LogP contribution in [-0.4, -0.2) is 45.3 Å². The molecule has 1 fully saturated rings. The van der Waals surface area contributed by atoms with E-state index in [1.807, 2.05) is 6.07 Å². The Bertz CT molecular complexity index is 459. The highest BCUT2D eigenvalue weighted by molar-refractivity contribution is 5.72. The number of anilines is 2. The predicted molar refractivity (Wildman–Crippen MR) is 87.3 cm³/mol. The first-order chi connectivity index (χ1) is 10.1. The molecular formula is C16H27N3O2. The molecule has 1 unspecified atom stereocenters. The average molecular weight is 293 g/mol. The van der Waals surface area contributed by atoms with E-state index in [0.29, 0.717) is 23.1 Å². The number of nitrogen functional groups attached to an aromatic ring is 1. The van der Waals surface area contributed by atoms with Gasteiger partial charge in [-0.15, -0.1) is 0 Å². The lowest BCUT2D eigenvalue weighted by atomic mass is 10.1. The number of hydrogen-bond donors (Lipinski definition) is 2. The van der Waals surface area contributed by atoms with E-state index in [-0.39, 0.29) is 0 Å².